The standard InChI is InChI=1S/C11H11F2NO3/c1-17-10(16)8-4-6(5-15)7-2-3-11(12,13)9(7)14-8/h4,15H,2-3,5H2,1H3. The number of rotatable bonds is 2. The molecule has 0 spiro atoms. The minimum atomic E-state index is -3.04. The van der Waals surface area contributed by atoms with Gasteiger partial charge in [0.05, 0.1) is 13.7 Å². The molecule has 4 nitrogen and oxygen atoms in total. The summed E-state index contributed by atoms with van der Waals surface area (Å²) in [6.45, 7) is -0.398. The topological polar surface area (TPSA) is 59.4 Å². The third-order valence-electron chi connectivity index (χ3n) is 2.82. The molecule has 0 aromatic carbocycles. The number of halogens is 2. The van der Waals surface area contributed by atoms with Gasteiger partial charge in [0.25, 0.3) is 5.92 Å². The highest BCUT2D eigenvalue weighted by Crippen LogP contribution is 2.41. The van der Waals surface area contributed by atoms with Gasteiger partial charge in [-0.2, -0.15) is 8.78 Å². The van der Waals surface area contributed by atoms with E-state index in [4.69, 9.17) is 5.11 Å². The highest BCUT2D eigenvalue weighted by molar-refractivity contribution is 5.87. The summed E-state index contributed by atoms with van der Waals surface area (Å²) in [6.07, 6.45) is -0.181. The maximum absolute atomic E-state index is 13.5. The highest BCUT2D eigenvalue weighted by atomic mass is 19.3. The van der Waals surface area contributed by atoms with Crippen molar-refractivity contribution < 1.29 is 23.4 Å². The summed E-state index contributed by atoms with van der Waals surface area (Å²) in [7, 11) is 1.15. The highest BCUT2D eigenvalue weighted by Gasteiger charge is 2.42. The molecular formula is C11H11F2NO3. The van der Waals surface area contributed by atoms with Crippen molar-refractivity contribution >= 4 is 5.97 Å². The number of aliphatic hydroxyl groups is 1. The largest absolute Gasteiger partial charge is 0.464 e. The fourth-order valence-corrected chi connectivity index (χ4v) is 1.96. The van der Waals surface area contributed by atoms with Crippen LogP contribution in [-0.2, 0) is 23.7 Å². The molecule has 0 fully saturated rings. The minimum absolute atomic E-state index is 0.159. The fraction of sp³-hybridized carbons (Fsp3) is 0.455. The zero-order valence-electron chi connectivity index (χ0n) is 9.17. The summed E-state index contributed by atoms with van der Waals surface area (Å²) in [4.78, 5) is 14.9. The summed E-state index contributed by atoms with van der Waals surface area (Å²) in [5, 5.41) is 9.13. The third-order valence-corrected chi connectivity index (χ3v) is 2.82. The molecular weight excluding hydrogens is 232 g/mol. The number of hydrogen-bond donors (Lipinski definition) is 1. The first-order valence-electron chi connectivity index (χ1n) is 5.10. The van der Waals surface area contributed by atoms with E-state index >= 15 is 0 Å². The minimum Gasteiger partial charge on any atom is -0.464 e. The van der Waals surface area contributed by atoms with Crippen molar-refractivity contribution in [2.24, 2.45) is 0 Å². The van der Waals surface area contributed by atoms with E-state index in [-0.39, 0.29) is 18.5 Å². The van der Waals surface area contributed by atoms with Gasteiger partial charge in [-0.05, 0) is 23.6 Å². The molecule has 0 aliphatic heterocycles. The van der Waals surface area contributed by atoms with E-state index < -0.39 is 24.2 Å². The predicted octanol–water partition coefficient (Wildman–Crippen LogP) is 1.40. The number of nitrogens with zero attached hydrogens (tertiary/aromatic N) is 1. The van der Waals surface area contributed by atoms with Crippen LogP contribution in [-0.4, -0.2) is 23.2 Å². The summed E-state index contributed by atoms with van der Waals surface area (Å²) >= 11 is 0. The molecule has 2 rings (SSSR count). The molecule has 0 atom stereocenters. The summed E-state index contributed by atoms with van der Waals surface area (Å²) in [5.74, 6) is -3.83. The van der Waals surface area contributed by atoms with E-state index in [2.05, 4.69) is 9.72 Å². The van der Waals surface area contributed by atoms with Crippen molar-refractivity contribution in [2.45, 2.75) is 25.4 Å². The average Bonchev–Trinajstić information content (AvgIpc) is 2.63. The van der Waals surface area contributed by atoms with E-state index in [1.807, 2.05) is 0 Å². The SMILES string of the molecule is COC(=O)c1cc(CO)c2c(n1)C(F)(F)CC2. The number of hydrogen-bond acceptors (Lipinski definition) is 4. The smallest absolute Gasteiger partial charge is 0.356 e. The second kappa shape index (κ2) is 4.03. The Labute approximate surface area is 96.2 Å². The van der Waals surface area contributed by atoms with Crippen LogP contribution < -0.4 is 0 Å². The molecule has 0 unspecified atom stereocenters. The quantitative estimate of drug-likeness (QED) is 0.797. The first-order chi connectivity index (χ1) is 7.99. The van der Waals surface area contributed by atoms with Gasteiger partial charge < -0.3 is 9.84 Å². The monoisotopic (exact) mass is 243 g/mol. The number of esters is 1. The van der Waals surface area contributed by atoms with Crippen LogP contribution in [0.15, 0.2) is 6.07 Å². The van der Waals surface area contributed by atoms with Crippen LogP contribution in [0.3, 0.4) is 0 Å². The molecule has 6 heteroatoms. The molecule has 17 heavy (non-hydrogen) atoms. The maximum Gasteiger partial charge on any atom is 0.356 e. The summed E-state index contributed by atoms with van der Waals surface area (Å²) in [5.41, 5.74) is 0.0408. The van der Waals surface area contributed by atoms with Gasteiger partial charge in [-0.25, -0.2) is 9.78 Å². The molecule has 1 heterocycles. The second-order valence-corrected chi connectivity index (χ2v) is 3.85. The molecule has 0 bridgehead atoms. The van der Waals surface area contributed by atoms with Crippen molar-refractivity contribution in [3.05, 3.63) is 28.6 Å². The van der Waals surface area contributed by atoms with Crippen molar-refractivity contribution in [1.29, 1.82) is 0 Å². The van der Waals surface area contributed by atoms with Gasteiger partial charge in [0.15, 0.2) is 0 Å². The van der Waals surface area contributed by atoms with Crippen LogP contribution in [0.4, 0.5) is 8.78 Å². The van der Waals surface area contributed by atoms with Gasteiger partial charge in [0, 0.05) is 6.42 Å². The van der Waals surface area contributed by atoms with Crippen LogP contribution in [0.1, 0.15) is 33.7 Å². The molecule has 0 saturated carbocycles. The van der Waals surface area contributed by atoms with E-state index in [1.54, 1.807) is 0 Å². The van der Waals surface area contributed by atoms with Crippen LogP contribution in [0.2, 0.25) is 0 Å². The number of carbonyl (C=O) groups is 1. The number of carbonyl (C=O) groups excluding carboxylic acids is 1. The molecule has 1 aromatic heterocycles. The van der Waals surface area contributed by atoms with Gasteiger partial charge in [-0.1, -0.05) is 0 Å². The second-order valence-electron chi connectivity index (χ2n) is 3.85. The van der Waals surface area contributed by atoms with Crippen molar-refractivity contribution in [3.63, 3.8) is 0 Å². The van der Waals surface area contributed by atoms with Gasteiger partial charge in [0.2, 0.25) is 0 Å². The number of pyridine rings is 1. The zero-order chi connectivity index (χ0) is 12.6. The lowest BCUT2D eigenvalue weighted by atomic mass is 10.1. The van der Waals surface area contributed by atoms with E-state index in [0.29, 0.717) is 11.1 Å². The number of alkyl halides is 2. The molecule has 0 radical (unpaired) electrons. The molecule has 0 amide bonds. The van der Waals surface area contributed by atoms with E-state index in [1.165, 1.54) is 6.07 Å². The Hall–Kier alpha value is -1.56. The molecule has 1 N–H and O–H groups in total. The number of aromatic nitrogens is 1. The average molecular weight is 243 g/mol. The normalized spacial score (nSPS) is 16.7. The molecule has 0 saturated heterocycles. The Bertz CT molecular complexity index is 474. The number of fused-ring (bicyclic) bond motifs is 1. The number of ether oxygens (including phenoxy) is 1. The van der Waals surface area contributed by atoms with Gasteiger partial charge in [-0.15, -0.1) is 0 Å². The summed E-state index contributed by atoms with van der Waals surface area (Å²) in [6, 6.07) is 1.30. The Morgan fingerprint density at radius 3 is 2.94 bits per heavy atom. The number of methoxy groups -OCH3 is 1. The van der Waals surface area contributed by atoms with Crippen molar-refractivity contribution in [3.8, 4) is 0 Å². The van der Waals surface area contributed by atoms with Gasteiger partial charge >= 0.3 is 5.97 Å². The van der Waals surface area contributed by atoms with E-state index in [9.17, 15) is 13.6 Å². The Kier molecular flexibility index (Phi) is 2.82. The third kappa shape index (κ3) is 1.88. The van der Waals surface area contributed by atoms with Crippen molar-refractivity contribution in [1.82, 2.24) is 4.98 Å². The first-order valence-corrected chi connectivity index (χ1v) is 5.10. The molecule has 1 aliphatic rings. The Morgan fingerprint density at radius 1 is 1.65 bits per heavy atom. The van der Waals surface area contributed by atoms with Crippen molar-refractivity contribution in [2.75, 3.05) is 7.11 Å². The lowest BCUT2D eigenvalue weighted by molar-refractivity contribution is -0.00613. The predicted molar refractivity (Wildman–Crippen MR) is 53.7 cm³/mol. The number of aliphatic hydroxyl groups excluding tert-OH is 1. The Morgan fingerprint density at radius 2 is 2.35 bits per heavy atom. The van der Waals surface area contributed by atoms with Crippen LogP contribution in [0, 0.1) is 0 Å². The van der Waals surface area contributed by atoms with Crippen LogP contribution in [0.5, 0.6) is 0 Å². The first kappa shape index (κ1) is 11.9. The lowest BCUT2D eigenvalue weighted by Gasteiger charge is -2.11. The summed E-state index contributed by atoms with van der Waals surface area (Å²) < 4.78 is 31.4. The molecule has 1 aromatic rings. The molecule has 92 valence electrons. The maximum atomic E-state index is 13.5. The van der Waals surface area contributed by atoms with Gasteiger partial charge in [-0.3, -0.25) is 0 Å². The van der Waals surface area contributed by atoms with E-state index in [0.717, 1.165) is 7.11 Å². The van der Waals surface area contributed by atoms with Crippen LogP contribution >= 0.6 is 0 Å². The zero-order valence-corrected chi connectivity index (χ0v) is 9.17. The van der Waals surface area contributed by atoms with Crippen LogP contribution in [0.25, 0.3) is 0 Å². The fourth-order valence-electron chi connectivity index (χ4n) is 1.96. The molecule has 1 aliphatic carbocycles. The van der Waals surface area contributed by atoms with Gasteiger partial charge in [0.1, 0.15) is 11.4 Å². The lowest BCUT2D eigenvalue weighted by Crippen LogP contribution is -2.15. The Balaban J connectivity index is 2.59.